The summed E-state index contributed by atoms with van der Waals surface area (Å²) in [6.45, 7) is 0. The van der Waals surface area contributed by atoms with Gasteiger partial charge in [0.05, 0.1) is 23.3 Å². The Morgan fingerprint density at radius 1 is 0.259 bits per heavy atom. The van der Waals surface area contributed by atoms with E-state index in [1.54, 1.807) is 0 Å². The van der Waals surface area contributed by atoms with Crippen LogP contribution in [0.15, 0.2) is 182 Å². The first-order valence-corrected chi connectivity index (χ1v) is 19.6. The van der Waals surface area contributed by atoms with Gasteiger partial charge < -0.3 is 0 Å². The molecule has 0 amide bonds. The number of hydrogen-bond acceptors (Lipinski definition) is 2. The maximum Gasteiger partial charge on any atom is 0.0998 e. The van der Waals surface area contributed by atoms with E-state index in [1.165, 1.54) is 48.8 Å². The third-order valence-electron chi connectivity index (χ3n) is 12.4. The number of nitrogens with zero attached hydrogens (tertiary/aromatic N) is 2. The summed E-state index contributed by atoms with van der Waals surface area (Å²) in [5.74, 6) is 0. The Kier molecular flexibility index (Phi) is 6.80. The summed E-state index contributed by atoms with van der Waals surface area (Å²) in [5, 5.41) is 37.7. The lowest BCUT2D eigenvalue weighted by molar-refractivity contribution is 1.48. The molecule has 0 aliphatic rings. The van der Waals surface area contributed by atoms with Crippen molar-refractivity contribution in [2.75, 3.05) is 0 Å². The van der Waals surface area contributed by atoms with Gasteiger partial charge in [0.1, 0.15) is 0 Å². The summed E-state index contributed by atoms with van der Waals surface area (Å²) < 4.78 is 0. The second kappa shape index (κ2) is 12.2. The largest absolute Gasteiger partial charge is 0.192 e. The van der Waals surface area contributed by atoms with Crippen LogP contribution in [-0.2, 0) is 0 Å². The van der Waals surface area contributed by atoms with Crippen molar-refractivity contribution in [3.05, 3.63) is 193 Å². The Morgan fingerprint density at radius 2 is 0.759 bits per heavy atom. The molecule has 0 saturated heterocycles. The molecule has 58 heavy (non-hydrogen) atoms. The lowest BCUT2D eigenvalue weighted by Gasteiger charge is -2.20. The molecule has 0 unspecified atom stereocenters. The van der Waals surface area contributed by atoms with Crippen LogP contribution in [0, 0.1) is 22.7 Å². The van der Waals surface area contributed by atoms with Crippen LogP contribution in [0.4, 0.5) is 0 Å². The van der Waals surface area contributed by atoms with Gasteiger partial charge in [-0.15, -0.1) is 0 Å². The van der Waals surface area contributed by atoms with Crippen molar-refractivity contribution in [1.29, 1.82) is 10.5 Å². The average molecular weight is 731 g/mol. The molecule has 12 aromatic carbocycles. The number of nitriles is 2. The molecule has 0 atom stereocenters. The Labute approximate surface area is 334 Å². The molecular formula is C56H30N2. The Morgan fingerprint density at radius 3 is 1.50 bits per heavy atom. The van der Waals surface area contributed by atoms with Gasteiger partial charge in [-0.2, -0.15) is 10.5 Å². The molecule has 0 aliphatic heterocycles. The minimum Gasteiger partial charge on any atom is -0.192 e. The molecule has 0 fully saturated rings. The fraction of sp³-hybridized carbons (Fsp3) is 0. The third kappa shape index (κ3) is 4.35. The van der Waals surface area contributed by atoms with E-state index >= 15 is 0 Å². The minimum absolute atomic E-state index is 0.628. The van der Waals surface area contributed by atoms with Crippen molar-refractivity contribution in [3.8, 4) is 56.6 Å². The minimum atomic E-state index is 0.628. The van der Waals surface area contributed by atoms with Gasteiger partial charge in [-0.25, -0.2) is 0 Å². The second-order valence-electron chi connectivity index (χ2n) is 15.3. The number of rotatable bonds is 4. The lowest BCUT2D eigenvalue weighted by atomic mass is 9.82. The summed E-state index contributed by atoms with van der Waals surface area (Å²) in [4.78, 5) is 0. The van der Waals surface area contributed by atoms with Gasteiger partial charge in [0.15, 0.2) is 0 Å². The maximum absolute atomic E-state index is 10.7. The van der Waals surface area contributed by atoms with E-state index in [4.69, 9.17) is 0 Å². The number of fused-ring (bicyclic) bond motifs is 8. The number of hydrogen-bond donors (Lipinski definition) is 0. The molecule has 2 nitrogen and oxygen atoms in total. The number of benzene rings is 10. The van der Waals surface area contributed by atoms with Gasteiger partial charge in [0, 0.05) is 11.1 Å². The van der Waals surface area contributed by atoms with Crippen molar-refractivity contribution >= 4 is 75.4 Å². The molecule has 2 heteroatoms. The van der Waals surface area contributed by atoms with Crippen LogP contribution in [0.3, 0.4) is 0 Å². The van der Waals surface area contributed by atoms with Crippen LogP contribution in [-0.4, -0.2) is 0 Å². The molecule has 0 heterocycles. The molecule has 0 aromatic heterocycles. The molecule has 12 aromatic rings. The standard InChI is InChI=1S/C56H30N2/c57-31-36-15-4-6-19-39(36)52-49-30-48-42-22-9-8-21-41(42)44-24-12-25-45(51(44)48)53(49)54(40-20-7-5-16-37(40)32-58)56-47-28-27-38(43-23-11-26-46(50(43)47)55(52)56)35-18-10-17-34(29-35)33-13-2-1-3-14-33/h1-30H. The topological polar surface area (TPSA) is 47.6 Å². The molecular weight excluding hydrogens is 701 g/mol. The highest BCUT2D eigenvalue weighted by Gasteiger charge is 2.28. The zero-order chi connectivity index (χ0) is 38.5. The van der Waals surface area contributed by atoms with Crippen LogP contribution < -0.4 is 0 Å². The Balaban J connectivity index is 1.34. The van der Waals surface area contributed by atoms with Crippen LogP contribution in [0.1, 0.15) is 11.1 Å². The Bertz CT molecular complexity index is 3750. The van der Waals surface area contributed by atoms with Crippen molar-refractivity contribution in [2.24, 2.45) is 0 Å². The first-order valence-electron chi connectivity index (χ1n) is 19.6. The van der Waals surface area contributed by atoms with Gasteiger partial charge in [0.25, 0.3) is 0 Å². The highest BCUT2D eigenvalue weighted by Crippen LogP contribution is 2.55. The molecule has 0 N–H and O–H groups in total. The van der Waals surface area contributed by atoms with Crippen LogP contribution >= 0.6 is 0 Å². The van der Waals surface area contributed by atoms with Crippen molar-refractivity contribution in [3.63, 3.8) is 0 Å². The van der Waals surface area contributed by atoms with Gasteiger partial charge >= 0.3 is 0 Å². The fourth-order valence-electron chi connectivity index (χ4n) is 10.1. The normalized spacial score (nSPS) is 11.8. The van der Waals surface area contributed by atoms with E-state index in [-0.39, 0.29) is 0 Å². The summed E-state index contributed by atoms with van der Waals surface area (Å²) in [6, 6.07) is 69.5. The molecule has 0 saturated carbocycles. The van der Waals surface area contributed by atoms with Crippen LogP contribution in [0.5, 0.6) is 0 Å². The van der Waals surface area contributed by atoms with E-state index in [1.807, 2.05) is 36.4 Å². The van der Waals surface area contributed by atoms with E-state index in [0.29, 0.717) is 11.1 Å². The zero-order valence-corrected chi connectivity index (χ0v) is 31.2. The summed E-state index contributed by atoms with van der Waals surface area (Å²) in [5.41, 5.74) is 9.84. The van der Waals surface area contributed by atoms with Crippen molar-refractivity contribution < 1.29 is 0 Å². The highest BCUT2D eigenvalue weighted by molar-refractivity contribution is 6.45. The second-order valence-corrected chi connectivity index (χ2v) is 15.3. The van der Waals surface area contributed by atoms with Gasteiger partial charge in [0.2, 0.25) is 0 Å². The summed E-state index contributed by atoms with van der Waals surface area (Å²) in [7, 11) is 0. The molecule has 0 bridgehead atoms. The van der Waals surface area contributed by atoms with Crippen LogP contribution in [0.2, 0.25) is 0 Å². The van der Waals surface area contributed by atoms with Gasteiger partial charge in [-0.3, -0.25) is 0 Å². The first-order chi connectivity index (χ1) is 28.7. The van der Waals surface area contributed by atoms with E-state index in [0.717, 1.165) is 71.1 Å². The van der Waals surface area contributed by atoms with Crippen LogP contribution in [0.25, 0.3) is 120 Å². The fourth-order valence-corrected chi connectivity index (χ4v) is 10.1. The van der Waals surface area contributed by atoms with Gasteiger partial charge in [-0.1, -0.05) is 158 Å². The molecule has 264 valence electrons. The Hall–Kier alpha value is -8.04. The third-order valence-corrected chi connectivity index (χ3v) is 12.4. The zero-order valence-electron chi connectivity index (χ0n) is 31.2. The monoisotopic (exact) mass is 730 g/mol. The molecule has 12 rings (SSSR count). The SMILES string of the molecule is N#Cc1ccccc1-c1c2cc3c4ccccc4c4cccc(c2c(-c2ccccc2C#N)c2c5ccc(-c6cccc(-c7ccccc7)c6)c6cccc(c12)c65)c43. The predicted molar refractivity (Wildman–Crippen MR) is 243 cm³/mol. The van der Waals surface area contributed by atoms with Crippen molar-refractivity contribution in [1.82, 2.24) is 0 Å². The smallest absolute Gasteiger partial charge is 0.0998 e. The first kappa shape index (κ1) is 32.2. The molecule has 0 aliphatic carbocycles. The molecule has 0 radical (unpaired) electrons. The quantitative estimate of drug-likeness (QED) is 0.169. The van der Waals surface area contributed by atoms with E-state index < -0.39 is 0 Å². The maximum atomic E-state index is 10.7. The predicted octanol–water partition coefficient (Wildman–Crippen LogP) is 15.0. The summed E-state index contributed by atoms with van der Waals surface area (Å²) >= 11 is 0. The molecule has 0 spiro atoms. The van der Waals surface area contributed by atoms with E-state index in [9.17, 15) is 10.5 Å². The van der Waals surface area contributed by atoms with E-state index in [2.05, 4.69) is 158 Å². The van der Waals surface area contributed by atoms with Gasteiger partial charge in [-0.05, 0) is 133 Å². The van der Waals surface area contributed by atoms with Crippen molar-refractivity contribution in [2.45, 2.75) is 0 Å². The lowest BCUT2D eigenvalue weighted by Crippen LogP contribution is -1.94. The average Bonchev–Trinajstić information content (AvgIpc) is 3.80. The highest BCUT2D eigenvalue weighted by atomic mass is 14.3. The summed E-state index contributed by atoms with van der Waals surface area (Å²) in [6.07, 6.45) is 0.